The van der Waals surface area contributed by atoms with E-state index in [1.165, 1.54) is 24.3 Å². The molecule has 148 valence electrons. The van der Waals surface area contributed by atoms with Gasteiger partial charge >= 0.3 is 11.9 Å². The molecule has 2 aromatic rings. The van der Waals surface area contributed by atoms with E-state index in [1.54, 1.807) is 20.8 Å². The third-order valence-electron chi connectivity index (χ3n) is 3.93. The highest BCUT2D eigenvalue weighted by Crippen LogP contribution is 2.21. The number of carbonyl (C=O) groups is 3. The maximum Gasteiger partial charge on any atom is 0.340 e. The second kappa shape index (κ2) is 9.32. The zero-order valence-corrected chi connectivity index (χ0v) is 16.4. The maximum absolute atomic E-state index is 13.7. The highest BCUT2D eigenvalue weighted by Gasteiger charge is 2.23. The van der Waals surface area contributed by atoms with Crippen molar-refractivity contribution in [1.29, 1.82) is 0 Å². The number of carbonyl (C=O) groups excluding carboxylic acids is 3. The number of Topliss-reactive ketones (excluding diaryl/α,β-unsaturated/α-hetero) is 1. The third kappa shape index (κ3) is 4.86. The number of H-pyrrole nitrogens is 1. The van der Waals surface area contributed by atoms with Crippen LogP contribution in [0.3, 0.4) is 0 Å². The van der Waals surface area contributed by atoms with Gasteiger partial charge in [0.15, 0.2) is 6.61 Å². The van der Waals surface area contributed by atoms with Crippen LogP contribution >= 0.6 is 11.6 Å². The number of aromatic nitrogens is 1. The lowest BCUT2D eigenvalue weighted by atomic mass is 10.1. The van der Waals surface area contributed by atoms with Crippen molar-refractivity contribution in [1.82, 2.24) is 4.98 Å². The van der Waals surface area contributed by atoms with Crippen molar-refractivity contribution in [3.8, 4) is 0 Å². The second-order valence-electron chi connectivity index (χ2n) is 5.85. The van der Waals surface area contributed by atoms with Gasteiger partial charge < -0.3 is 14.5 Å². The fourth-order valence-corrected chi connectivity index (χ4v) is 2.84. The molecule has 0 unspecified atom stereocenters. The Kier molecular flexibility index (Phi) is 7.12. The van der Waals surface area contributed by atoms with Gasteiger partial charge in [0.05, 0.1) is 22.9 Å². The first kappa shape index (κ1) is 21.4. The van der Waals surface area contributed by atoms with E-state index < -0.39 is 30.1 Å². The van der Waals surface area contributed by atoms with E-state index >= 15 is 0 Å². The average Bonchev–Trinajstić information content (AvgIpc) is 2.94. The first-order chi connectivity index (χ1) is 13.3. The van der Waals surface area contributed by atoms with Gasteiger partial charge in [-0.05, 0) is 44.5 Å². The quantitative estimate of drug-likeness (QED) is 0.425. The topological polar surface area (TPSA) is 85.5 Å². The van der Waals surface area contributed by atoms with Crippen molar-refractivity contribution in [3.63, 3.8) is 0 Å². The Balaban J connectivity index is 2.04. The summed E-state index contributed by atoms with van der Waals surface area (Å²) in [6.45, 7) is 4.59. The van der Waals surface area contributed by atoms with Gasteiger partial charge in [-0.1, -0.05) is 17.7 Å². The highest BCUT2D eigenvalue weighted by molar-refractivity contribution is 6.32. The molecule has 0 aliphatic heterocycles. The van der Waals surface area contributed by atoms with Crippen LogP contribution in [-0.2, 0) is 14.3 Å². The van der Waals surface area contributed by atoms with Crippen LogP contribution < -0.4 is 0 Å². The van der Waals surface area contributed by atoms with Gasteiger partial charge in [-0.15, -0.1) is 0 Å². The molecule has 1 heterocycles. The lowest BCUT2D eigenvalue weighted by Gasteiger charge is -2.03. The van der Waals surface area contributed by atoms with Crippen LogP contribution in [0.4, 0.5) is 4.39 Å². The van der Waals surface area contributed by atoms with Gasteiger partial charge in [0.25, 0.3) is 0 Å². The first-order valence-electron chi connectivity index (χ1n) is 8.44. The number of aryl methyl sites for hydroxylation is 1. The fraction of sp³-hybridized carbons (Fsp3) is 0.250. The van der Waals surface area contributed by atoms with E-state index in [0.717, 1.165) is 6.08 Å². The highest BCUT2D eigenvalue weighted by atomic mass is 35.5. The number of halogens is 2. The lowest BCUT2D eigenvalue weighted by molar-refractivity contribution is -0.136. The minimum Gasteiger partial charge on any atom is -0.462 e. The standard InChI is InChI=1S/C20H19ClFNO5/c1-4-27-20(26)18-11(2)19(23-12(18)3)16(24)10-28-17(25)9-8-13-14(21)6-5-7-15(13)22/h5-9,23H,4,10H2,1-3H3/b9-8+. The summed E-state index contributed by atoms with van der Waals surface area (Å²) in [5, 5.41) is 0.143. The Labute approximate surface area is 166 Å². The molecule has 1 N–H and O–H groups in total. The van der Waals surface area contributed by atoms with Crippen molar-refractivity contribution in [2.45, 2.75) is 20.8 Å². The maximum atomic E-state index is 13.7. The minimum atomic E-state index is -0.834. The van der Waals surface area contributed by atoms with E-state index in [2.05, 4.69) is 4.98 Å². The summed E-state index contributed by atoms with van der Waals surface area (Å²) >= 11 is 5.86. The molecule has 0 radical (unpaired) electrons. The molecule has 0 amide bonds. The summed E-state index contributed by atoms with van der Waals surface area (Å²) in [4.78, 5) is 38.9. The monoisotopic (exact) mass is 407 g/mol. The molecule has 2 rings (SSSR count). The van der Waals surface area contributed by atoms with Crippen LogP contribution in [-0.4, -0.2) is 35.9 Å². The summed E-state index contributed by atoms with van der Waals surface area (Å²) in [6.07, 6.45) is 2.15. The van der Waals surface area contributed by atoms with Gasteiger partial charge in [0.1, 0.15) is 5.82 Å². The third-order valence-corrected chi connectivity index (χ3v) is 4.26. The van der Waals surface area contributed by atoms with Crippen LogP contribution in [0.25, 0.3) is 6.08 Å². The summed E-state index contributed by atoms with van der Waals surface area (Å²) in [7, 11) is 0. The summed E-state index contributed by atoms with van der Waals surface area (Å²) in [6, 6.07) is 4.13. The molecule has 0 spiro atoms. The Morgan fingerprint density at radius 1 is 1.21 bits per heavy atom. The number of hydrogen-bond acceptors (Lipinski definition) is 5. The molecule has 0 fully saturated rings. The second-order valence-corrected chi connectivity index (χ2v) is 6.25. The number of hydrogen-bond donors (Lipinski definition) is 1. The van der Waals surface area contributed by atoms with Crippen LogP contribution in [0, 0.1) is 19.7 Å². The van der Waals surface area contributed by atoms with Crippen LogP contribution in [0.5, 0.6) is 0 Å². The normalized spacial score (nSPS) is 10.9. The molecule has 8 heteroatoms. The molecule has 0 saturated heterocycles. The molecule has 0 atom stereocenters. The predicted octanol–water partition coefficient (Wildman–Crippen LogP) is 4.04. The van der Waals surface area contributed by atoms with E-state index in [-0.39, 0.29) is 28.5 Å². The molecule has 0 saturated carbocycles. The molecule has 6 nitrogen and oxygen atoms in total. The predicted molar refractivity (Wildman–Crippen MR) is 102 cm³/mol. The first-order valence-corrected chi connectivity index (χ1v) is 8.82. The van der Waals surface area contributed by atoms with Gasteiger partial charge in [-0.3, -0.25) is 4.79 Å². The molecule has 28 heavy (non-hydrogen) atoms. The number of rotatable bonds is 7. The largest absolute Gasteiger partial charge is 0.462 e. The van der Waals surface area contributed by atoms with E-state index in [1.807, 2.05) is 0 Å². The molecule has 1 aromatic heterocycles. The van der Waals surface area contributed by atoms with Gasteiger partial charge in [0.2, 0.25) is 5.78 Å². The van der Waals surface area contributed by atoms with Crippen LogP contribution in [0.15, 0.2) is 24.3 Å². The van der Waals surface area contributed by atoms with Gasteiger partial charge in [0, 0.05) is 17.3 Å². The number of benzene rings is 1. The molecule has 0 aliphatic rings. The molecule has 0 bridgehead atoms. The zero-order valence-electron chi connectivity index (χ0n) is 15.6. The van der Waals surface area contributed by atoms with E-state index in [9.17, 15) is 18.8 Å². The molecular formula is C20H19ClFNO5. The number of ketones is 1. The molecule has 0 aliphatic carbocycles. The molecular weight excluding hydrogens is 389 g/mol. The molecule has 1 aromatic carbocycles. The van der Waals surface area contributed by atoms with Crippen molar-refractivity contribution < 1.29 is 28.2 Å². The number of ether oxygens (including phenoxy) is 2. The summed E-state index contributed by atoms with van der Waals surface area (Å²) < 4.78 is 23.5. The van der Waals surface area contributed by atoms with E-state index in [0.29, 0.717) is 11.3 Å². The zero-order chi connectivity index (χ0) is 20.8. The lowest BCUT2D eigenvalue weighted by Crippen LogP contribution is -2.14. The average molecular weight is 408 g/mol. The van der Waals surface area contributed by atoms with Gasteiger partial charge in [-0.2, -0.15) is 0 Å². The van der Waals surface area contributed by atoms with Gasteiger partial charge in [-0.25, -0.2) is 14.0 Å². The Morgan fingerprint density at radius 3 is 2.57 bits per heavy atom. The number of esters is 2. The Morgan fingerprint density at radius 2 is 1.93 bits per heavy atom. The number of nitrogens with one attached hydrogen (secondary N) is 1. The SMILES string of the molecule is CCOC(=O)c1c(C)[nH]c(C(=O)COC(=O)/C=C/c2c(F)cccc2Cl)c1C. The summed E-state index contributed by atoms with van der Waals surface area (Å²) in [5.41, 5.74) is 1.40. The van der Waals surface area contributed by atoms with Crippen molar-refractivity contribution in [2.24, 2.45) is 0 Å². The van der Waals surface area contributed by atoms with Crippen LogP contribution in [0.1, 0.15) is 44.6 Å². The van der Waals surface area contributed by atoms with E-state index in [4.69, 9.17) is 21.1 Å². The van der Waals surface area contributed by atoms with Crippen LogP contribution in [0.2, 0.25) is 5.02 Å². The Hall–Kier alpha value is -2.93. The smallest absolute Gasteiger partial charge is 0.340 e. The van der Waals surface area contributed by atoms with Crippen molar-refractivity contribution in [2.75, 3.05) is 13.2 Å². The van der Waals surface area contributed by atoms with Crippen molar-refractivity contribution in [3.05, 3.63) is 63.2 Å². The fourth-order valence-electron chi connectivity index (χ4n) is 2.62. The van der Waals surface area contributed by atoms with Crippen molar-refractivity contribution >= 4 is 35.4 Å². The summed E-state index contributed by atoms with van der Waals surface area (Å²) in [5.74, 6) is -2.47. The minimum absolute atomic E-state index is 0.0439. The Bertz CT molecular complexity index is 928. The number of aromatic amines is 1.